The number of nitrogens with zero attached hydrogens (tertiary/aromatic N) is 2. The molecule has 0 radical (unpaired) electrons. The zero-order chi connectivity index (χ0) is 15.4. The summed E-state index contributed by atoms with van der Waals surface area (Å²) in [6.07, 6.45) is 2.26. The van der Waals surface area contributed by atoms with Gasteiger partial charge in [0.05, 0.1) is 12.2 Å². The van der Waals surface area contributed by atoms with E-state index in [0.717, 1.165) is 19.4 Å². The molecular weight excluding hydrogens is 250 g/mol. The Hall–Kier alpha value is -0.610. The Bertz CT molecular complexity index is 317. The molecule has 4 unspecified atom stereocenters. The molecule has 1 N–H and O–H groups in total. The molecule has 0 aliphatic carbocycles. The highest BCUT2D eigenvalue weighted by atomic mass is 16.2. The number of likely N-dealkylation sites (N-methyl/N-ethyl adjacent to an activating group) is 1. The summed E-state index contributed by atoms with van der Waals surface area (Å²) >= 11 is 0. The molecule has 0 spiro atoms. The first kappa shape index (κ1) is 17.4. The van der Waals surface area contributed by atoms with Gasteiger partial charge in [-0.3, -0.25) is 10.1 Å². The van der Waals surface area contributed by atoms with E-state index in [9.17, 15) is 4.79 Å². The van der Waals surface area contributed by atoms with Gasteiger partial charge in [-0.15, -0.1) is 0 Å². The van der Waals surface area contributed by atoms with Gasteiger partial charge in [0.1, 0.15) is 0 Å². The number of amides is 1. The minimum absolute atomic E-state index is 0.00175. The molecule has 1 rings (SSSR count). The summed E-state index contributed by atoms with van der Waals surface area (Å²) in [5.41, 5.74) is 0. The van der Waals surface area contributed by atoms with Crippen LogP contribution in [0.3, 0.4) is 0 Å². The first-order valence-corrected chi connectivity index (χ1v) is 8.00. The van der Waals surface area contributed by atoms with Crippen LogP contribution in [0.25, 0.3) is 0 Å². The summed E-state index contributed by atoms with van der Waals surface area (Å²) in [7, 11) is 4.14. The van der Waals surface area contributed by atoms with E-state index in [1.54, 1.807) is 0 Å². The van der Waals surface area contributed by atoms with Gasteiger partial charge in [-0.2, -0.15) is 0 Å². The van der Waals surface area contributed by atoms with Crippen molar-refractivity contribution in [3.8, 4) is 0 Å². The fraction of sp³-hybridized carbons (Fsp3) is 0.938. The van der Waals surface area contributed by atoms with Gasteiger partial charge in [-0.1, -0.05) is 34.1 Å². The van der Waals surface area contributed by atoms with E-state index in [-0.39, 0.29) is 12.2 Å². The standard InChI is InChI=1S/C16H33N3O/c1-8-12(4)15-16(20)19(10-13(5)18(6)7)14(17-15)9-11(2)3/h11-15,17H,8-10H2,1-7H3. The maximum atomic E-state index is 12.7. The van der Waals surface area contributed by atoms with Crippen LogP contribution >= 0.6 is 0 Å². The molecule has 1 aliphatic heterocycles. The van der Waals surface area contributed by atoms with E-state index in [1.807, 2.05) is 0 Å². The van der Waals surface area contributed by atoms with Crippen LogP contribution < -0.4 is 5.32 Å². The highest BCUT2D eigenvalue weighted by Gasteiger charge is 2.41. The fourth-order valence-electron chi connectivity index (χ4n) is 2.65. The summed E-state index contributed by atoms with van der Waals surface area (Å²) in [5.74, 6) is 1.28. The van der Waals surface area contributed by atoms with Gasteiger partial charge in [0, 0.05) is 12.6 Å². The molecule has 4 nitrogen and oxygen atoms in total. The van der Waals surface area contributed by atoms with Crippen LogP contribution in [0.2, 0.25) is 0 Å². The lowest BCUT2D eigenvalue weighted by Gasteiger charge is -2.30. The number of nitrogens with one attached hydrogen (secondary N) is 1. The number of carbonyl (C=O) groups excluding carboxylic acids is 1. The van der Waals surface area contributed by atoms with Gasteiger partial charge in [-0.05, 0) is 39.3 Å². The molecule has 118 valence electrons. The Balaban J connectivity index is 2.82. The molecule has 0 saturated carbocycles. The fourth-order valence-corrected chi connectivity index (χ4v) is 2.65. The van der Waals surface area contributed by atoms with Crippen molar-refractivity contribution in [2.45, 2.75) is 65.7 Å². The first-order valence-electron chi connectivity index (χ1n) is 8.00. The van der Waals surface area contributed by atoms with Crippen molar-refractivity contribution in [1.29, 1.82) is 0 Å². The van der Waals surface area contributed by atoms with E-state index >= 15 is 0 Å². The second-order valence-corrected chi connectivity index (χ2v) is 6.98. The van der Waals surface area contributed by atoms with Gasteiger partial charge in [-0.25, -0.2) is 0 Å². The second-order valence-electron chi connectivity index (χ2n) is 6.98. The van der Waals surface area contributed by atoms with Crippen LogP contribution in [0.4, 0.5) is 0 Å². The molecule has 1 heterocycles. The van der Waals surface area contributed by atoms with Crippen molar-refractivity contribution >= 4 is 5.91 Å². The van der Waals surface area contributed by atoms with Crippen molar-refractivity contribution < 1.29 is 4.79 Å². The third-order valence-corrected chi connectivity index (χ3v) is 4.55. The van der Waals surface area contributed by atoms with Crippen LogP contribution in [-0.2, 0) is 4.79 Å². The van der Waals surface area contributed by atoms with E-state index < -0.39 is 0 Å². The minimum atomic E-state index is -0.00175. The highest BCUT2D eigenvalue weighted by Crippen LogP contribution is 2.23. The summed E-state index contributed by atoms with van der Waals surface area (Å²) in [6, 6.07) is 0.379. The monoisotopic (exact) mass is 283 g/mol. The zero-order valence-electron chi connectivity index (χ0n) is 14.3. The van der Waals surface area contributed by atoms with E-state index in [2.05, 4.69) is 63.8 Å². The maximum absolute atomic E-state index is 12.7. The molecule has 20 heavy (non-hydrogen) atoms. The normalized spacial score (nSPS) is 26.6. The Morgan fingerprint density at radius 2 is 1.85 bits per heavy atom. The van der Waals surface area contributed by atoms with Crippen LogP contribution in [0.5, 0.6) is 0 Å². The van der Waals surface area contributed by atoms with Crippen molar-refractivity contribution in [3.05, 3.63) is 0 Å². The van der Waals surface area contributed by atoms with Gasteiger partial charge in [0.2, 0.25) is 5.91 Å². The molecule has 0 aromatic carbocycles. The van der Waals surface area contributed by atoms with Crippen LogP contribution in [0.15, 0.2) is 0 Å². The molecule has 0 aromatic rings. The smallest absolute Gasteiger partial charge is 0.241 e. The first-order chi connectivity index (χ1) is 9.27. The summed E-state index contributed by atoms with van der Waals surface area (Å²) in [4.78, 5) is 16.9. The Morgan fingerprint density at radius 3 is 2.30 bits per heavy atom. The van der Waals surface area contributed by atoms with Crippen molar-refractivity contribution in [3.63, 3.8) is 0 Å². The highest BCUT2D eigenvalue weighted by molar-refractivity contribution is 5.84. The lowest BCUT2D eigenvalue weighted by molar-refractivity contribution is -0.131. The summed E-state index contributed by atoms with van der Waals surface area (Å²) in [6.45, 7) is 11.7. The van der Waals surface area contributed by atoms with Crippen molar-refractivity contribution in [1.82, 2.24) is 15.1 Å². The van der Waals surface area contributed by atoms with Gasteiger partial charge >= 0.3 is 0 Å². The summed E-state index contributed by atoms with van der Waals surface area (Å²) in [5, 5.41) is 3.57. The molecular formula is C16H33N3O. The predicted molar refractivity (Wildman–Crippen MR) is 84.5 cm³/mol. The largest absolute Gasteiger partial charge is 0.324 e. The molecule has 1 aliphatic rings. The number of carbonyl (C=O) groups is 1. The average molecular weight is 283 g/mol. The number of rotatable bonds is 7. The predicted octanol–water partition coefficient (Wildman–Crippen LogP) is 2.16. The number of hydrogen-bond acceptors (Lipinski definition) is 3. The third-order valence-electron chi connectivity index (χ3n) is 4.55. The SMILES string of the molecule is CCC(C)C1NC(CC(C)C)N(CC(C)N(C)C)C1=O. The van der Waals surface area contributed by atoms with Gasteiger partial charge < -0.3 is 9.80 Å². The lowest BCUT2D eigenvalue weighted by atomic mass is 9.99. The number of hydrogen-bond donors (Lipinski definition) is 1. The van der Waals surface area contributed by atoms with E-state index in [1.165, 1.54) is 0 Å². The zero-order valence-corrected chi connectivity index (χ0v) is 14.3. The van der Waals surface area contributed by atoms with E-state index in [0.29, 0.717) is 23.8 Å². The van der Waals surface area contributed by atoms with Gasteiger partial charge in [0.25, 0.3) is 0 Å². The third kappa shape index (κ3) is 4.19. The molecule has 1 saturated heterocycles. The van der Waals surface area contributed by atoms with Crippen LogP contribution in [-0.4, -0.2) is 54.6 Å². The van der Waals surface area contributed by atoms with Gasteiger partial charge in [0.15, 0.2) is 0 Å². The molecule has 1 amide bonds. The lowest BCUT2D eigenvalue weighted by Crippen LogP contribution is -2.45. The molecule has 4 heteroatoms. The summed E-state index contributed by atoms with van der Waals surface area (Å²) < 4.78 is 0. The molecule has 0 bridgehead atoms. The quantitative estimate of drug-likeness (QED) is 0.778. The average Bonchev–Trinajstić information content (AvgIpc) is 2.65. The second kappa shape index (κ2) is 7.41. The maximum Gasteiger partial charge on any atom is 0.241 e. The van der Waals surface area contributed by atoms with Crippen molar-refractivity contribution in [2.75, 3.05) is 20.6 Å². The Morgan fingerprint density at radius 1 is 1.25 bits per heavy atom. The minimum Gasteiger partial charge on any atom is -0.324 e. The van der Waals surface area contributed by atoms with Crippen LogP contribution in [0.1, 0.15) is 47.5 Å². The van der Waals surface area contributed by atoms with Crippen LogP contribution in [0, 0.1) is 11.8 Å². The molecule has 4 atom stereocenters. The Kier molecular flexibility index (Phi) is 6.46. The van der Waals surface area contributed by atoms with Crippen molar-refractivity contribution in [2.24, 2.45) is 11.8 Å². The topological polar surface area (TPSA) is 35.6 Å². The Labute approximate surface area is 124 Å². The molecule has 0 aromatic heterocycles. The molecule has 1 fully saturated rings. The van der Waals surface area contributed by atoms with E-state index in [4.69, 9.17) is 0 Å².